The number of hydrogen-bond acceptors (Lipinski definition) is 3. The summed E-state index contributed by atoms with van der Waals surface area (Å²) < 4.78 is 0. The van der Waals surface area contributed by atoms with Crippen molar-refractivity contribution >= 4 is 6.21 Å². The van der Waals surface area contributed by atoms with Gasteiger partial charge in [-0.15, -0.1) is 0 Å². The van der Waals surface area contributed by atoms with Crippen LogP contribution in [-0.2, 0) is 0 Å². The first-order valence-electron chi connectivity index (χ1n) is 2.89. The van der Waals surface area contributed by atoms with Gasteiger partial charge in [-0.05, 0) is 18.7 Å². The first-order chi connectivity index (χ1) is 4.31. The summed E-state index contributed by atoms with van der Waals surface area (Å²) in [5.41, 5.74) is 11.3. The Morgan fingerprint density at radius 3 is 2.78 bits per heavy atom. The summed E-state index contributed by atoms with van der Waals surface area (Å²) in [6.45, 7) is 3.15. The van der Waals surface area contributed by atoms with E-state index in [0.29, 0.717) is 13.1 Å². The second-order valence-electron chi connectivity index (χ2n) is 1.73. The van der Waals surface area contributed by atoms with Crippen molar-refractivity contribution in [3.63, 3.8) is 0 Å². The zero-order chi connectivity index (χ0) is 7.11. The van der Waals surface area contributed by atoms with Crippen molar-refractivity contribution in [1.29, 1.82) is 0 Å². The maximum Gasteiger partial charge on any atom is 0.0512 e. The fourth-order valence-electron chi connectivity index (χ4n) is 0.326. The molecule has 0 bridgehead atoms. The molecular formula is C6H13N3. The van der Waals surface area contributed by atoms with E-state index < -0.39 is 0 Å². The molecule has 3 heteroatoms. The summed E-state index contributed by atoms with van der Waals surface area (Å²) in [4.78, 5) is 3.96. The molecule has 0 aliphatic carbocycles. The van der Waals surface area contributed by atoms with Crippen molar-refractivity contribution in [1.82, 2.24) is 0 Å². The lowest BCUT2D eigenvalue weighted by Crippen LogP contribution is -2.02. The molecule has 3 nitrogen and oxygen atoms in total. The van der Waals surface area contributed by atoms with E-state index in [9.17, 15) is 0 Å². The van der Waals surface area contributed by atoms with Crippen molar-refractivity contribution in [2.75, 3.05) is 13.1 Å². The van der Waals surface area contributed by atoms with Gasteiger partial charge in [0.1, 0.15) is 0 Å². The Hall–Kier alpha value is -0.830. The molecule has 0 aliphatic rings. The van der Waals surface area contributed by atoms with E-state index in [2.05, 4.69) is 4.99 Å². The highest BCUT2D eigenvalue weighted by atomic mass is 14.7. The maximum absolute atomic E-state index is 5.19. The Bertz CT molecular complexity index is 115. The monoisotopic (exact) mass is 127 g/mol. The molecule has 0 rings (SSSR count). The molecular weight excluding hydrogens is 114 g/mol. The summed E-state index contributed by atoms with van der Waals surface area (Å²) >= 11 is 0. The number of nitrogens with two attached hydrogens (primary N) is 2. The number of allylic oxidation sites excluding steroid dienone is 1. The molecule has 52 valence electrons. The molecule has 0 atom stereocenters. The molecule has 0 spiro atoms. The minimum atomic E-state index is 0.592. The van der Waals surface area contributed by atoms with Gasteiger partial charge < -0.3 is 11.5 Å². The van der Waals surface area contributed by atoms with Gasteiger partial charge in [-0.1, -0.05) is 0 Å². The van der Waals surface area contributed by atoms with Crippen LogP contribution in [0.25, 0.3) is 0 Å². The SMILES string of the molecule is CC(C=NCCN)=CN. The maximum atomic E-state index is 5.19. The minimum Gasteiger partial charge on any atom is -0.404 e. The van der Waals surface area contributed by atoms with Crippen LogP contribution in [0.5, 0.6) is 0 Å². The summed E-state index contributed by atoms with van der Waals surface area (Å²) in [5, 5.41) is 0. The van der Waals surface area contributed by atoms with Gasteiger partial charge in [-0.25, -0.2) is 0 Å². The lowest BCUT2D eigenvalue weighted by atomic mass is 10.4. The summed E-state index contributed by atoms with van der Waals surface area (Å²) in [6, 6.07) is 0. The Morgan fingerprint density at radius 2 is 2.33 bits per heavy atom. The first kappa shape index (κ1) is 8.17. The molecule has 9 heavy (non-hydrogen) atoms. The topological polar surface area (TPSA) is 64.4 Å². The van der Waals surface area contributed by atoms with Gasteiger partial charge in [0.2, 0.25) is 0 Å². The lowest BCUT2D eigenvalue weighted by Gasteiger charge is -1.86. The Morgan fingerprint density at radius 1 is 1.67 bits per heavy atom. The van der Waals surface area contributed by atoms with Gasteiger partial charge in [0, 0.05) is 12.8 Å². The van der Waals surface area contributed by atoms with E-state index >= 15 is 0 Å². The molecule has 0 aromatic carbocycles. The number of nitrogens with zero attached hydrogens (tertiary/aromatic N) is 1. The van der Waals surface area contributed by atoms with Crippen molar-refractivity contribution in [2.24, 2.45) is 16.5 Å². The van der Waals surface area contributed by atoms with Crippen LogP contribution in [0, 0.1) is 0 Å². The van der Waals surface area contributed by atoms with Gasteiger partial charge in [0.15, 0.2) is 0 Å². The zero-order valence-corrected chi connectivity index (χ0v) is 5.67. The quantitative estimate of drug-likeness (QED) is 0.519. The van der Waals surface area contributed by atoms with Crippen LogP contribution in [0.2, 0.25) is 0 Å². The van der Waals surface area contributed by atoms with Crippen LogP contribution < -0.4 is 11.5 Å². The number of aliphatic imine (C=N–C) groups is 1. The Kier molecular flexibility index (Phi) is 4.82. The van der Waals surface area contributed by atoms with Crippen LogP contribution >= 0.6 is 0 Å². The average Bonchev–Trinajstić information content (AvgIpc) is 1.89. The zero-order valence-electron chi connectivity index (χ0n) is 5.67. The third kappa shape index (κ3) is 5.03. The van der Waals surface area contributed by atoms with Gasteiger partial charge in [-0.3, -0.25) is 4.99 Å². The molecule has 0 aliphatic heterocycles. The predicted octanol–water partition coefficient (Wildman–Crippen LogP) is -0.122. The Balaban J connectivity index is 3.45. The number of hydrogen-bond donors (Lipinski definition) is 2. The molecule has 0 fully saturated rings. The number of rotatable bonds is 3. The van der Waals surface area contributed by atoms with Crippen LogP contribution in [0.15, 0.2) is 16.8 Å². The molecule has 0 radical (unpaired) electrons. The third-order valence-corrected chi connectivity index (χ3v) is 0.816. The fraction of sp³-hybridized carbons (Fsp3) is 0.500. The second-order valence-corrected chi connectivity index (χ2v) is 1.73. The molecule has 0 saturated heterocycles. The molecule has 0 heterocycles. The summed E-state index contributed by atoms with van der Waals surface area (Å²) in [5.74, 6) is 0. The minimum absolute atomic E-state index is 0.592. The van der Waals surface area contributed by atoms with Crippen molar-refractivity contribution in [3.05, 3.63) is 11.8 Å². The molecule has 0 saturated carbocycles. The lowest BCUT2D eigenvalue weighted by molar-refractivity contribution is 0.980. The highest BCUT2D eigenvalue weighted by Crippen LogP contribution is 1.81. The van der Waals surface area contributed by atoms with E-state index in [1.165, 1.54) is 6.20 Å². The molecule has 0 unspecified atom stereocenters. The van der Waals surface area contributed by atoms with E-state index in [1.54, 1.807) is 6.21 Å². The highest BCUT2D eigenvalue weighted by molar-refractivity contribution is 5.77. The van der Waals surface area contributed by atoms with Crippen molar-refractivity contribution < 1.29 is 0 Å². The largest absolute Gasteiger partial charge is 0.404 e. The Labute approximate surface area is 55.4 Å². The van der Waals surface area contributed by atoms with Crippen molar-refractivity contribution in [3.8, 4) is 0 Å². The van der Waals surface area contributed by atoms with Gasteiger partial charge in [-0.2, -0.15) is 0 Å². The van der Waals surface area contributed by atoms with E-state index in [-0.39, 0.29) is 0 Å². The molecule has 0 aromatic rings. The molecule has 0 amide bonds. The third-order valence-electron chi connectivity index (χ3n) is 0.816. The molecule has 0 aromatic heterocycles. The van der Waals surface area contributed by atoms with Crippen LogP contribution in [-0.4, -0.2) is 19.3 Å². The van der Waals surface area contributed by atoms with Crippen molar-refractivity contribution in [2.45, 2.75) is 6.92 Å². The smallest absolute Gasteiger partial charge is 0.0512 e. The first-order valence-corrected chi connectivity index (χ1v) is 2.89. The van der Waals surface area contributed by atoms with Gasteiger partial charge in [0.05, 0.1) is 6.54 Å². The van der Waals surface area contributed by atoms with E-state index in [0.717, 1.165) is 5.57 Å². The van der Waals surface area contributed by atoms with Crippen LogP contribution in [0.1, 0.15) is 6.92 Å². The summed E-state index contributed by atoms with van der Waals surface area (Å²) in [6.07, 6.45) is 3.23. The summed E-state index contributed by atoms with van der Waals surface area (Å²) in [7, 11) is 0. The second kappa shape index (κ2) is 5.31. The highest BCUT2D eigenvalue weighted by Gasteiger charge is 1.76. The average molecular weight is 127 g/mol. The van der Waals surface area contributed by atoms with Crippen LogP contribution in [0.3, 0.4) is 0 Å². The normalized spacial score (nSPS) is 12.9. The van der Waals surface area contributed by atoms with Gasteiger partial charge in [0.25, 0.3) is 0 Å². The van der Waals surface area contributed by atoms with Gasteiger partial charge >= 0.3 is 0 Å². The van der Waals surface area contributed by atoms with Crippen LogP contribution in [0.4, 0.5) is 0 Å². The molecule has 4 N–H and O–H groups in total. The van der Waals surface area contributed by atoms with E-state index in [1.807, 2.05) is 6.92 Å². The predicted molar refractivity (Wildman–Crippen MR) is 40.4 cm³/mol. The fourth-order valence-corrected chi connectivity index (χ4v) is 0.326. The van der Waals surface area contributed by atoms with E-state index in [4.69, 9.17) is 11.5 Å². The standard InChI is InChI=1S/C6H13N3/c1-6(4-8)5-9-3-2-7/h4-5H,2-3,7-8H2,1H3.